The average Bonchev–Trinajstić information content (AvgIpc) is 3.90. The number of rotatable bonds is 8. The molecule has 11 aromatic carbocycles. The van der Waals surface area contributed by atoms with Crippen molar-refractivity contribution >= 4 is 49.6 Å². The molecule has 1 aromatic heterocycles. The van der Waals surface area contributed by atoms with E-state index in [0.29, 0.717) is 0 Å². The molecule has 13 rings (SSSR count). The Hall–Kier alpha value is -8.72. The smallest absolute Gasteiger partial charge is 0.0713 e. The first kappa shape index (κ1) is 38.7. The predicted octanol–water partition coefficient (Wildman–Crippen LogP) is 17.1. The molecule has 67 heavy (non-hydrogen) atoms. The Morgan fingerprint density at radius 1 is 0.313 bits per heavy atom. The number of aromatic nitrogens is 1. The lowest BCUT2D eigenvalue weighted by Gasteiger charge is -2.33. The highest BCUT2D eigenvalue weighted by molar-refractivity contribution is 6.10. The maximum absolute atomic E-state index is 2.47. The van der Waals surface area contributed by atoms with Crippen molar-refractivity contribution in [3.63, 3.8) is 0 Å². The minimum Gasteiger partial charge on any atom is -0.310 e. The first-order valence-corrected chi connectivity index (χ1v) is 23.2. The van der Waals surface area contributed by atoms with E-state index in [2.05, 4.69) is 276 Å². The fourth-order valence-corrected chi connectivity index (χ4v) is 11.1. The van der Waals surface area contributed by atoms with Crippen LogP contribution in [0.3, 0.4) is 0 Å². The lowest BCUT2D eigenvalue weighted by molar-refractivity contribution is 0.768. The molecular weight excluding hydrogens is 809 g/mol. The SMILES string of the molecule is c1ccc(N(c2ccc(-c3cccc(-c4ccc5c6ccccc6n(-c6ccc7c(c6)-c6ccccc6C7(c6ccccc6)c6ccccc6)c5c4)c3)cc2)c2cccc3ccccc23)cc1. The fourth-order valence-electron chi connectivity index (χ4n) is 11.1. The molecule has 0 bridgehead atoms. The largest absolute Gasteiger partial charge is 0.310 e. The predicted molar refractivity (Wildman–Crippen MR) is 281 cm³/mol. The molecule has 2 heteroatoms. The van der Waals surface area contributed by atoms with Crippen LogP contribution in [0.1, 0.15) is 22.3 Å². The molecule has 0 atom stereocenters. The van der Waals surface area contributed by atoms with Crippen LogP contribution in [0, 0.1) is 0 Å². The van der Waals surface area contributed by atoms with Crippen molar-refractivity contribution < 1.29 is 0 Å². The third kappa shape index (κ3) is 6.18. The summed E-state index contributed by atoms with van der Waals surface area (Å²) in [7, 11) is 0. The maximum atomic E-state index is 2.47. The van der Waals surface area contributed by atoms with E-state index in [0.717, 1.165) is 22.7 Å². The zero-order valence-electron chi connectivity index (χ0n) is 36.8. The van der Waals surface area contributed by atoms with Crippen LogP contribution in [0.25, 0.3) is 71.6 Å². The van der Waals surface area contributed by atoms with Gasteiger partial charge in [-0.1, -0.05) is 206 Å². The van der Waals surface area contributed by atoms with Crippen LogP contribution >= 0.6 is 0 Å². The molecule has 314 valence electrons. The molecule has 2 nitrogen and oxygen atoms in total. The summed E-state index contributed by atoms with van der Waals surface area (Å²) in [6.07, 6.45) is 0. The highest BCUT2D eigenvalue weighted by Crippen LogP contribution is 2.56. The Morgan fingerprint density at radius 2 is 0.866 bits per heavy atom. The topological polar surface area (TPSA) is 8.17 Å². The Bertz CT molecular complexity index is 3750. The first-order valence-electron chi connectivity index (χ1n) is 23.2. The normalized spacial score (nSPS) is 12.6. The van der Waals surface area contributed by atoms with E-state index >= 15 is 0 Å². The molecule has 0 fully saturated rings. The van der Waals surface area contributed by atoms with Crippen molar-refractivity contribution in [1.82, 2.24) is 4.57 Å². The minimum absolute atomic E-state index is 0.440. The second-order valence-electron chi connectivity index (χ2n) is 17.6. The molecule has 0 radical (unpaired) electrons. The van der Waals surface area contributed by atoms with E-state index in [4.69, 9.17) is 0 Å². The fraction of sp³-hybridized carbons (Fsp3) is 0.0154. The Kier molecular flexibility index (Phi) is 9.11. The number of fused-ring (bicyclic) bond motifs is 7. The van der Waals surface area contributed by atoms with Crippen molar-refractivity contribution in [2.75, 3.05) is 4.90 Å². The van der Waals surface area contributed by atoms with Crippen LogP contribution in [0.15, 0.2) is 267 Å². The molecule has 1 aliphatic rings. The van der Waals surface area contributed by atoms with Gasteiger partial charge in [0.1, 0.15) is 0 Å². The van der Waals surface area contributed by atoms with Crippen LogP contribution in [0.5, 0.6) is 0 Å². The van der Waals surface area contributed by atoms with Gasteiger partial charge >= 0.3 is 0 Å². The molecule has 0 N–H and O–H groups in total. The van der Waals surface area contributed by atoms with E-state index < -0.39 is 5.41 Å². The number of benzene rings is 11. The molecule has 0 saturated carbocycles. The van der Waals surface area contributed by atoms with Gasteiger partial charge in [-0.05, 0) is 122 Å². The van der Waals surface area contributed by atoms with Crippen LogP contribution in [-0.2, 0) is 5.41 Å². The third-order valence-corrected chi connectivity index (χ3v) is 14.1. The number of hydrogen-bond donors (Lipinski definition) is 0. The van der Waals surface area contributed by atoms with Gasteiger partial charge in [-0.25, -0.2) is 0 Å². The molecular formula is C65H44N2. The van der Waals surface area contributed by atoms with Crippen molar-refractivity contribution in [2.45, 2.75) is 5.41 Å². The summed E-state index contributed by atoms with van der Waals surface area (Å²) in [6, 6.07) is 97.9. The van der Waals surface area contributed by atoms with Gasteiger partial charge in [-0.2, -0.15) is 0 Å². The van der Waals surface area contributed by atoms with Crippen molar-refractivity contribution in [3.8, 4) is 39.1 Å². The Balaban J connectivity index is 0.912. The molecule has 0 aliphatic heterocycles. The second kappa shape index (κ2) is 15.8. The van der Waals surface area contributed by atoms with E-state index in [1.54, 1.807) is 0 Å². The van der Waals surface area contributed by atoms with Gasteiger partial charge in [-0.3, -0.25) is 0 Å². The van der Waals surface area contributed by atoms with Gasteiger partial charge in [0.05, 0.1) is 22.1 Å². The maximum Gasteiger partial charge on any atom is 0.0713 e. The van der Waals surface area contributed by atoms with Gasteiger partial charge in [0.25, 0.3) is 0 Å². The zero-order valence-corrected chi connectivity index (χ0v) is 36.8. The summed E-state index contributed by atoms with van der Waals surface area (Å²) in [4.78, 5) is 2.36. The highest BCUT2D eigenvalue weighted by Gasteiger charge is 2.46. The van der Waals surface area contributed by atoms with Crippen molar-refractivity contribution in [1.29, 1.82) is 0 Å². The molecule has 0 spiro atoms. The number of hydrogen-bond acceptors (Lipinski definition) is 1. The summed E-state index contributed by atoms with van der Waals surface area (Å²) in [6.45, 7) is 0. The van der Waals surface area contributed by atoms with E-state index in [-0.39, 0.29) is 0 Å². The number of para-hydroxylation sites is 2. The summed E-state index contributed by atoms with van der Waals surface area (Å²) >= 11 is 0. The second-order valence-corrected chi connectivity index (χ2v) is 17.6. The summed E-state index contributed by atoms with van der Waals surface area (Å²) in [5, 5.41) is 4.93. The van der Waals surface area contributed by atoms with Crippen molar-refractivity contribution in [3.05, 3.63) is 289 Å². The van der Waals surface area contributed by atoms with Gasteiger partial charge < -0.3 is 9.47 Å². The van der Waals surface area contributed by atoms with E-state index in [1.807, 2.05) is 0 Å². The molecule has 12 aromatic rings. The third-order valence-electron chi connectivity index (χ3n) is 14.1. The standard InChI is InChI=1S/C65H44N2/c1-4-22-50(23-5-1)65(51-24-6-2-7-25-51)60-31-14-12-29-56(60)59-44-54(39-41-61(59)65)67-63-32-15-13-30-57(63)58-40-36-49(43-64(58)67)48-21-16-20-47(42-48)45-34-37-53(38-35-45)66(52-26-8-3-9-27-52)62-33-17-19-46-18-10-11-28-55(46)62/h1-44H. The number of anilines is 3. The summed E-state index contributed by atoms with van der Waals surface area (Å²) < 4.78 is 2.47. The molecule has 1 aliphatic carbocycles. The Labute approximate surface area is 390 Å². The monoisotopic (exact) mass is 852 g/mol. The van der Waals surface area contributed by atoms with Crippen LogP contribution in [0.4, 0.5) is 17.1 Å². The molecule has 0 amide bonds. The van der Waals surface area contributed by atoms with Gasteiger partial charge in [0.2, 0.25) is 0 Å². The van der Waals surface area contributed by atoms with Gasteiger partial charge in [0.15, 0.2) is 0 Å². The van der Waals surface area contributed by atoms with E-state index in [1.165, 1.54) is 88.2 Å². The van der Waals surface area contributed by atoms with Gasteiger partial charge in [0, 0.05) is 33.2 Å². The quantitative estimate of drug-likeness (QED) is 0.148. The van der Waals surface area contributed by atoms with E-state index in [9.17, 15) is 0 Å². The van der Waals surface area contributed by atoms with Crippen molar-refractivity contribution in [2.24, 2.45) is 0 Å². The summed E-state index contributed by atoms with van der Waals surface area (Å²) in [5.41, 5.74) is 18.9. The van der Waals surface area contributed by atoms with Crippen LogP contribution in [0.2, 0.25) is 0 Å². The average molecular weight is 853 g/mol. The summed E-state index contributed by atoms with van der Waals surface area (Å²) in [5.74, 6) is 0. The Morgan fingerprint density at radius 3 is 1.64 bits per heavy atom. The minimum atomic E-state index is -0.440. The van der Waals surface area contributed by atoms with Crippen LogP contribution < -0.4 is 4.90 Å². The molecule has 0 unspecified atom stereocenters. The first-order chi connectivity index (χ1) is 33.2. The lowest BCUT2D eigenvalue weighted by atomic mass is 9.68. The van der Waals surface area contributed by atoms with Gasteiger partial charge in [-0.15, -0.1) is 0 Å². The highest BCUT2D eigenvalue weighted by atomic mass is 15.1. The zero-order chi connectivity index (χ0) is 44.3. The molecule has 1 heterocycles. The van der Waals surface area contributed by atoms with Crippen LogP contribution in [-0.4, -0.2) is 4.57 Å². The lowest BCUT2D eigenvalue weighted by Crippen LogP contribution is -2.28. The number of nitrogens with zero attached hydrogens (tertiary/aromatic N) is 2. The molecule has 0 saturated heterocycles.